The van der Waals surface area contributed by atoms with E-state index in [-0.39, 0.29) is 41.5 Å². The molecule has 1 aliphatic carbocycles. The molecule has 2 aliphatic rings. The molecule has 2 aromatic rings. The van der Waals surface area contributed by atoms with Crippen molar-refractivity contribution in [2.45, 2.75) is 19.4 Å². The number of nitrogens with zero attached hydrogens (tertiary/aromatic N) is 3. The Hall–Kier alpha value is -2.81. The predicted molar refractivity (Wildman–Crippen MR) is 101 cm³/mol. The SMILES string of the molecule is O=C(CN1C(=O)C2CC=CCC2C1=O)OCc1cc(=O)n2cc(Br)ccc2n1. The Morgan fingerprint density at radius 3 is 2.50 bits per heavy atom. The van der Waals surface area contributed by atoms with Crippen LogP contribution in [0.5, 0.6) is 0 Å². The average Bonchev–Trinajstić information content (AvgIpc) is 2.92. The fourth-order valence-corrected chi connectivity index (χ4v) is 3.89. The minimum absolute atomic E-state index is 0.217. The van der Waals surface area contributed by atoms with Gasteiger partial charge in [0.25, 0.3) is 5.56 Å². The van der Waals surface area contributed by atoms with Gasteiger partial charge in [-0.2, -0.15) is 0 Å². The molecular formula is C19H16BrN3O5. The van der Waals surface area contributed by atoms with Gasteiger partial charge in [0.15, 0.2) is 0 Å². The van der Waals surface area contributed by atoms with Crippen LogP contribution >= 0.6 is 15.9 Å². The Balaban J connectivity index is 1.42. The zero-order chi connectivity index (χ0) is 19.8. The summed E-state index contributed by atoms with van der Waals surface area (Å²) in [5.74, 6) is -2.14. The molecule has 2 unspecified atom stereocenters. The Morgan fingerprint density at radius 1 is 1.14 bits per heavy atom. The predicted octanol–water partition coefficient (Wildman–Crippen LogP) is 1.45. The molecule has 28 heavy (non-hydrogen) atoms. The number of rotatable bonds is 4. The van der Waals surface area contributed by atoms with Crippen molar-refractivity contribution in [3.8, 4) is 0 Å². The van der Waals surface area contributed by atoms with Crippen molar-refractivity contribution < 1.29 is 19.1 Å². The minimum Gasteiger partial charge on any atom is -0.458 e. The first kappa shape index (κ1) is 18.5. The Kier molecular flexibility index (Phi) is 4.84. The molecule has 8 nitrogen and oxygen atoms in total. The molecule has 144 valence electrons. The van der Waals surface area contributed by atoms with Crippen LogP contribution in [0.25, 0.3) is 5.65 Å². The van der Waals surface area contributed by atoms with Gasteiger partial charge < -0.3 is 4.74 Å². The van der Waals surface area contributed by atoms with E-state index < -0.39 is 12.5 Å². The van der Waals surface area contributed by atoms with Gasteiger partial charge in [-0.3, -0.25) is 28.5 Å². The number of carbonyl (C=O) groups is 3. The molecule has 0 aromatic carbocycles. The van der Waals surface area contributed by atoms with E-state index in [4.69, 9.17) is 4.74 Å². The van der Waals surface area contributed by atoms with Gasteiger partial charge in [0.1, 0.15) is 18.8 Å². The topological polar surface area (TPSA) is 98.0 Å². The minimum atomic E-state index is -0.717. The molecule has 4 rings (SSSR count). The highest BCUT2D eigenvalue weighted by atomic mass is 79.9. The quantitative estimate of drug-likeness (QED) is 0.401. The van der Waals surface area contributed by atoms with Gasteiger partial charge in [-0.15, -0.1) is 0 Å². The number of carbonyl (C=O) groups excluding carboxylic acids is 3. The van der Waals surface area contributed by atoms with Crippen molar-refractivity contribution >= 4 is 39.4 Å². The standard InChI is InChI=1S/C19H16BrN3O5/c20-11-5-6-15-21-12(7-16(24)22(15)8-11)10-28-17(25)9-23-18(26)13-3-1-2-4-14(13)19(23)27/h1-2,5-8,13-14H,3-4,9-10H2. The third kappa shape index (κ3) is 3.37. The van der Waals surface area contributed by atoms with E-state index >= 15 is 0 Å². The maximum atomic E-state index is 12.4. The molecular weight excluding hydrogens is 430 g/mol. The van der Waals surface area contributed by atoms with E-state index in [0.717, 1.165) is 9.37 Å². The van der Waals surface area contributed by atoms with Crippen LogP contribution in [0, 0.1) is 11.8 Å². The fourth-order valence-electron chi connectivity index (χ4n) is 3.55. The summed E-state index contributed by atoms with van der Waals surface area (Å²) in [5, 5.41) is 0. The number of aromatic nitrogens is 2. The van der Waals surface area contributed by atoms with Gasteiger partial charge in [-0.25, -0.2) is 4.98 Å². The van der Waals surface area contributed by atoms with Crippen LogP contribution in [0.1, 0.15) is 18.5 Å². The zero-order valence-electron chi connectivity index (χ0n) is 14.7. The van der Waals surface area contributed by atoms with E-state index in [1.54, 1.807) is 18.3 Å². The second kappa shape index (κ2) is 7.31. The highest BCUT2D eigenvalue weighted by molar-refractivity contribution is 9.10. The highest BCUT2D eigenvalue weighted by Gasteiger charge is 2.47. The van der Waals surface area contributed by atoms with Crippen molar-refractivity contribution in [1.29, 1.82) is 0 Å². The molecule has 3 heterocycles. The first-order chi connectivity index (χ1) is 13.4. The number of fused-ring (bicyclic) bond motifs is 2. The average molecular weight is 446 g/mol. The molecule has 0 spiro atoms. The monoisotopic (exact) mass is 445 g/mol. The number of allylic oxidation sites excluding steroid dienone is 2. The Bertz CT molecular complexity index is 1050. The molecule has 0 saturated carbocycles. The molecule has 0 bridgehead atoms. The molecule has 9 heteroatoms. The molecule has 2 amide bonds. The number of pyridine rings is 1. The summed E-state index contributed by atoms with van der Waals surface area (Å²) in [4.78, 5) is 54.3. The summed E-state index contributed by atoms with van der Waals surface area (Å²) >= 11 is 3.29. The lowest BCUT2D eigenvalue weighted by molar-refractivity contribution is -0.153. The molecule has 1 saturated heterocycles. The lowest BCUT2D eigenvalue weighted by atomic mass is 9.85. The summed E-state index contributed by atoms with van der Waals surface area (Å²) in [7, 11) is 0. The lowest BCUT2D eigenvalue weighted by Crippen LogP contribution is -2.36. The number of esters is 1. The second-order valence-corrected chi connectivity index (χ2v) is 7.66. The summed E-state index contributed by atoms with van der Waals surface area (Å²) in [6, 6.07) is 4.68. The van der Waals surface area contributed by atoms with E-state index in [2.05, 4.69) is 20.9 Å². The smallest absolute Gasteiger partial charge is 0.326 e. The largest absolute Gasteiger partial charge is 0.458 e. The number of ether oxygens (including phenoxy) is 1. The van der Waals surface area contributed by atoms with Crippen LogP contribution in [0.15, 0.2) is 45.8 Å². The van der Waals surface area contributed by atoms with Gasteiger partial charge in [0, 0.05) is 16.7 Å². The molecule has 0 N–H and O–H groups in total. The first-order valence-corrected chi connectivity index (χ1v) is 9.57. The van der Waals surface area contributed by atoms with Gasteiger partial charge in [0.2, 0.25) is 11.8 Å². The van der Waals surface area contributed by atoms with Gasteiger partial charge in [-0.05, 0) is 40.9 Å². The number of amides is 2. The summed E-state index contributed by atoms with van der Waals surface area (Å²) in [6.07, 6.45) is 6.40. The van der Waals surface area contributed by atoms with Crippen LogP contribution in [-0.2, 0) is 25.7 Å². The number of hydrogen-bond donors (Lipinski definition) is 0. The number of likely N-dealkylation sites (tertiary alicyclic amines) is 1. The summed E-state index contributed by atoms with van der Waals surface area (Å²) < 4.78 is 7.25. The van der Waals surface area contributed by atoms with E-state index in [9.17, 15) is 19.2 Å². The van der Waals surface area contributed by atoms with Crippen LogP contribution < -0.4 is 5.56 Å². The molecule has 0 radical (unpaired) electrons. The Labute approximate surface area is 167 Å². The number of imide groups is 1. The van der Waals surface area contributed by atoms with Crippen LogP contribution in [0.4, 0.5) is 0 Å². The van der Waals surface area contributed by atoms with Crippen LogP contribution in [-0.4, -0.2) is 38.6 Å². The number of halogens is 1. The van der Waals surface area contributed by atoms with Crippen molar-refractivity contribution in [3.05, 3.63) is 57.1 Å². The van der Waals surface area contributed by atoms with Crippen molar-refractivity contribution in [2.24, 2.45) is 11.8 Å². The summed E-state index contributed by atoms with van der Waals surface area (Å²) in [5.41, 5.74) is 0.402. The van der Waals surface area contributed by atoms with E-state index in [0.29, 0.717) is 18.5 Å². The highest BCUT2D eigenvalue weighted by Crippen LogP contribution is 2.34. The van der Waals surface area contributed by atoms with E-state index in [1.165, 1.54) is 10.5 Å². The van der Waals surface area contributed by atoms with E-state index in [1.807, 2.05) is 12.2 Å². The normalized spacial score (nSPS) is 21.2. The van der Waals surface area contributed by atoms with Gasteiger partial charge >= 0.3 is 5.97 Å². The second-order valence-electron chi connectivity index (χ2n) is 6.74. The summed E-state index contributed by atoms with van der Waals surface area (Å²) in [6.45, 7) is -0.643. The fraction of sp³-hybridized carbons (Fsp3) is 0.316. The number of hydrogen-bond acceptors (Lipinski definition) is 6. The third-order valence-electron chi connectivity index (χ3n) is 4.94. The molecule has 2 atom stereocenters. The van der Waals surface area contributed by atoms with Crippen LogP contribution in [0.3, 0.4) is 0 Å². The maximum absolute atomic E-state index is 12.4. The van der Waals surface area contributed by atoms with Gasteiger partial charge in [-0.1, -0.05) is 12.2 Å². The molecule has 1 fully saturated rings. The lowest BCUT2D eigenvalue weighted by Gasteiger charge is -2.14. The Morgan fingerprint density at radius 2 is 1.82 bits per heavy atom. The van der Waals surface area contributed by atoms with Crippen LogP contribution in [0.2, 0.25) is 0 Å². The molecule has 2 aromatic heterocycles. The third-order valence-corrected chi connectivity index (χ3v) is 5.41. The van der Waals surface area contributed by atoms with Crippen molar-refractivity contribution in [2.75, 3.05) is 6.54 Å². The zero-order valence-corrected chi connectivity index (χ0v) is 16.3. The van der Waals surface area contributed by atoms with Gasteiger partial charge in [0.05, 0.1) is 17.5 Å². The van der Waals surface area contributed by atoms with Crippen molar-refractivity contribution in [1.82, 2.24) is 14.3 Å². The first-order valence-electron chi connectivity index (χ1n) is 8.78. The molecule has 1 aliphatic heterocycles. The maximum Gasteiger partial charge on any atom is 0.326 e. The van der Waals surface area contributed by atoms with Crippen molar-refractivity contribution in [3.63, 3.8) is 0 Å².